The lowest BCUT2D eigenvalue weighted by atomic mass is 10.3. The molecule has 2 rings (SSSR count). The van der Waals surface area contributed by atoms with Crippen LogP contribution in [0.2, 0.25) is 0 Å². The number of aromatic nitrogens is 2. The fraction of sp³-hybridized carbons (Fsp3) is 0.643. The van der Waals surface area contributed by atoms with Crippen LogP contribution in [0.3, 0.4) is 0 Å². The van der Waals surface area contributed by atoms with E-state index in [-0.39, 0.29) is 6.04 Å². The van der Waals surface area contributed by atoms with Crippen LogP contribution in [0.5, 0.6) is 0 Å². The van der Waals surface area contributed by atoms with E-state index in [1.807, 2.05) is 0 Å². The Bertz CT molecular complexity index is 590. The van der Waals surface area contributed by atoms with Crippen molar-refractivity contribution in [2.24, 2.45) is 0 Å². The summed E-state index contributed by atoms with van der Waals surface area (Å²) in [7, 11) is -3.53. The number of aromatic amines is 1. The fourth-order valence-corrected chi connectivity index (χ4v) is 4.35. The summed E-state index contributed by atoms with van der Waals surface area (Å²) in [5.74, 6) is 0. The van der Waals surface area contributed by atoms with Crippen molar-refractivity contribution in [3.8, 4) is 0 Å². The highest BCUT2D eigenvalue weighted by Crippen LogP contribution is 2.33. The van der Waals surface area contributed by atoms with Crippen LogP contribution in [-0.4, -0.2) is 42.1 Å². The average molecular weight is 312 g/mol. The molecule has 1 aromatic rings. The Balaban J connectivity index is 2.29. The van der Waals surface area contributed by atoms with Gasteiger partial charge in [-0.05, 0) is 32.7 Å². The second-order valence-corrected chi connectivity index (χ2v) is 7.22. The quantitative estimate of drug-likeness (QED) is 0.536. The zero-order valence-electron chi connectivity index (χ0n) is 12.7. The van der Waals surface area contributed by atoms with Crippen molar-refractivity contribution in [3.05, 3.63) is 24.0 Å². The minimum atomic E-state index is -3.53. The lowest BCUT2D eigenvalue weighted by Crippen LogP contribution is -2.34. The molecule has 0 bridgehead atoms. The average Bonchev–Trinajstić information content (AvgIpc) is 3.19. The van der Waals surface area contributed by atoms with Gasteiger partial charge in [-0.2, -0.15) is 9.40 Å². The summed E-state index contributed by atoms with van der Waals surface area (Å²) in [5, 5.41) is 10.2. The normalized spacial score (nSPS) is 15.6. The van der Waals surface area contributed by atoms with Gasteiger partial charge in [0.1, 0.15) is 4.90 Å². The highest BCUT2D eigenvalue weighted by atomic mass is 32.2. The van der Waals surface area contributed by atoms with E-state index in [9.17, 15) is 8.42 Å². The molecule has 0 amide bonds. The lowest BCUT2D eigenvalue weighted by molar-refractivity contribution is 0.434. The van der Waals surface area contributed by atoms with Crippen LogP contribution in [0.15, 0.2) is 17.6 Å². The first kappa shape index (κ1) is 16.2. The fourth-order valence-electron chi connectivity index (χ4n) is 2.37. The molecule has 1 aliphatic rings. The number of rotatable bonds is 9. The molecule has 0 unspecified atom stereocenters. The monoisotopic (exact) mass is 312 g/mol. The van der Waals surface area contributed by atoms with Crippen molar-refractivity contribution >= 4 is 10.0 Å². The van der Waals surface area contributed by atoms with E-state index in [0.717, 1.165) is 25.8 Å². The number of nitrogens with one attached hydrogen (secondary N) is 2. The van der Waals surface area contributed by atoms with Crippen molar-refractivity contribution in [1.29, 1.82) is 0 Å². The van der Waals surface area contributed by atoms with Gasteiger partial charge >= 0.3 is 0 Å². The summed E-state index contributed by atoms with van der Waals surface area (Å²) in [6, 6.07) is 0.110. The third-order valence-corrected chi connectivity index (χ3v) is 5.63. The van der Waals surface area contributed by atoms with Crippen LogP contribution in [0.25, 0.3) is 0 Å². The summed E-state index contributed by atoms with van der Waals surface area (Å²) >= 11 is 0. The molecule has 2 N–H and O–H groups in total. The van der Waals surface area contributed by atoms with Crippen LogP contribution in [0.1, 0.15) is 37.6 Å². The van der Waals surface area contributed by atoms with Gasteiger partial charge in [-0.25, -0.2) is 8.42 Å². The Labute approximate surface area is 126 Å². The zero-order chi connectivity index (χ0) is 15.5. The van der Waals surface area contributed by atoms with Gasteiger partial charge in [0.15, 0.2) is 0 Å². The Kier molecular flexibility index (Phi) is 5.18. The van der Waals surface area contributed by atoms with E-state index in [0.29, 0.717) is 29.4 Å². The molecule has 1 aliphatic carbocycles. The van der Waals surface area contributed by atoms with Gasteiger partial charge in [-0.1, -0.05) is 13.0 Å². The Morgan fingerprint density at radius 3 is 2.81 bits per heavy atom. The van der Waals surface area contributed by atoms with Crippen LogP contribution in [0, 0.1) is 6.92 Å². The van der Waals surface area contributed by atoms with Crippen LogP contribution in [-0.2, 0) is 16.6 Å². The Hall–Kier alpha value is -1.18. The predicted octanol–water partition coefficient (Wildman–Crippen LogP) is 1.56. The minimum Gasteiger partial charge on any atom is -0.311 e. The summed E-state index contributed by atoms with van der Waals surface area (Å²) in [6.45, 7) is 9.13. The first-order valence-electron chi connectivity index (χ1n) is 7.39. The van der Waals surface area contributed by atoms with E-state index in [1.165, 1.54) is 0 Å². The third-order valence-electron chi connectivity index (χ3n) is 3.51. The van der Waals surface area contributed by atoms with E-state index < -0.39 is 10.0 Å². The van der Waals surface area contributed by atoms with Crippen molar-refractivity contribution in [1.82, 2.24) is 19.8 Å². The maximum absolute atomic E-state index is 12.9. The van der Waals surface area contributed by atoms with Gasteiger partial charge in [0, 0.05) is 19.1 Å². The summed E-state index contributed by atoms with van der Waals surface area (Å²) in [4.78, 5) is 0.319. The molecule has 1 heterocycles. The highest BCUT2D eigenvalue weighted by Gasteiger charge is 2.39. The second kappa shape index (κ2) is 6.72. The number of hydrogen-bond donors (Lipinski definition) is 2. The molecule has 0 saturated heterocycles. The Morgan fingerprint density at radius 2 is 2.24 bits per heavy atom. The first-order valence-corrected chi connectivity index (χ1v) is 8.83. The van der Waals surface area contributed by atoms with Crippen molar-refractivity contribution < 1.29 is 8.42 Å². The molecular formula is C14H24N4O2S. The van der Waals surface area contributed by atoms with E-state index >= 15 is 0 Å². The molecule has 0 radical (unpaired) electrons. The molecule has 1 saturated carbocycles. The van der Waals surface area contributed by atoms with Crippen molar-refractivity contribution in [3.63, 3.8) is 0 Å². The minimum absolute atomic E-state index is 0.110. The second-order valence-electron chi connectivity index (χ2n) is 5.40. The van der Waals surface area contributed by atoms with E-state index in [1.54, 1.807) is 17.3 Å². The standard InChI is InChI=1S/C14H24N4O2S/c1-4-8-15-10-13-14(11(3)16-17-13)21(19,20)18(9-5-2)12-6-7-12/h5,12,15H,2,4,6-10H2,1,3H3,(H,16,17). The summed E-state index contributed by atoms with van der Waals surface area (Å²) in [6.07, 6.45) is 4.48. The Morgan fingerprint density at radius 1 is 1.52 bits per heavy atom. The van der Waals surface area contributed by atoms with Gasteiger partial charge in [0.05, 0.1) is 11.4 Å². The molecular weight excluding hydrogens is 288 g/mol. The molecule has 1 aromatic heterocycles. The van der Waals surface area contributed by atoms with Gasteiger partial charge in [-0.15, -0.1) is 6.58 Å². The molecule has 7 heteroatoms. The predicted molar refractivity (Wildman–Crippen MR) is 82.4 cm³/mol. The zero-order valence-corrected chi connectivity index (χ0v) is 13.5. The topological polar surface area (TPSA) is 78.1 Å². The highest BCUT2D eigenvalue weighted by molar-refractivity contribution is 7.89. The maximum atomic E-state index is 12.9. The lowest BCUT2D eigenvalue weighted by Gasteiger charge is -2.20. The van der Waals surface area contributed by atoms with Crippen LogP contribution in [0.4, 0.5) is 0 Å². The van der Waals surface area contributed by atoms with Crippen molar-refractivity contribution in [2.45, 2.75) is 50.6 Å². The summed E-state index contributed by atoms with van der Waals surface area (Å²) in [5.41, 5.74) is 1.16. The molecule has 21 heavy (non-hydrogen) atoms. The van der Waals surface area contributed by atoms with Crippen molar-refractivity contribution in [2.75, 3.05) is 13.1 Å². The molecule has 0 atom stereocenters. The van der Waals surface area contributed by atoms with Crippen LogP contribution >= 0.6 is 0 Å². The number of hydrogen-bond acceptors (Lipinski definition) is 4. The smallest absolute Gasteiger partial charge is 0.247 e. The molecule has 0 aliphatic heterocycles. The van der Waals surface area contributed by atoms with E-state index in [4.69, 9.17) is 0 Å². The summed E-state index contributed by atoms with van der Waals surface area (Å²) < 4.78 is 27.4. The molecule has 1 fully saturated rings. The van der Waals surface area contributed by atoms with E-state index in [2.05, 4.69) is 29.0 Å². The maximum Gasteiger partial charge on any atom is 0.247 e. The van der Waals surface area contributed by atoms with Crippen LogP contribution < -0.4 is 5.32 Å². The largest absolute Gasteiger partial charge is 0.311 e. The van der Waals surface area contributed by atoms with Gasteiger partial charge in [-0.3, -0.25) is 5.10 Å². The number of aryl methyl sites for hydroxylation is 1. The molecule has 6 nitrogen and oxygen atoms in total. The number of sulfonamides is 1. The number of nitrogens with zero attached hydrogens (tertiary/aromatic N) is 2. The SMILES string of the molecule is C=CCN(C1CC1)S(=O)(=O)c1c(CNCCC)n[nH]c1C. The number of H-pyrrole nitrogens is 1. The molecule has 118 valence electrons. The molecule has 0 aromatic carbocycles. The van der Waals surface area contributed by atoms with Gasteiger partial charge < -0.3 is 5.32 Å². The third kappa shape index (κ3) is 3.53. The first-order chi connectivity index (χ1) is 10.0. The van der Waals surface area contributed by atoms with Gasteiger partial charge in [0.25, 0.3) is 0 Å². The van der Waals surface area contributed by atoms with Gasteiger partial charge in [0.2, 0.25) is 10.0 Å². The molecule has 0 spiro atoms.